The number of carbonyl (C=O) groups is 2. The average Bonchev–Trinajstić information content (AvgIpc) is 2.27. The number of hydrogen-bond donors (Lipinski definition) is 1. The highest BCUT2D eigenvalue weighted by Gasteiger charge is 2.24. The van der Waals surface area contributed by atoms with Gasteiger partial charge in [0.1, 0.15) is 0 Å². The Morgan fingerprint density at radius 3 is 2.26 bits per heavy atom. The van der Waals surface area contributed by atoms with E-state index in [0.717, 1.165) is 32.4 Å². The van der Waals surface area contributed by atoms with Gasteiger partial charge < -0.3 is 10.2 Å². The molecule has 0 aliphatic carbocycles. The molecule has 0 aromatic rings. The average molecular weight is 268 g/mol. The maximum Gasteiger partial charge on any atom is 0.222 e. The summed E-state index contributed by atoms with van der Waals surface area (Å²) < 4.78 is 0. The molecule has 4 heteroatoms. The van der Waals surface area contributed by atoms with Crippen LogP contribution in [0.5, 0.6) is 0 Å². The zero-order valence-electron chi connectivity index (χ0n) is 12.8. The molecule has 2 amide bonds. The Labute approximate surface area is 116 Å². The lowest BCUT2D eigenvalue weighted by atomic mass is 9.91. The van der Waals surface area contributed by atoms with Gasteiger partial charge in [-0.15, -0.1) is 0 Å². The molecule has 1 heterocycles. The molecule has 4 nitrogen and oxygen atoms in total. The zero-order chi connectivity index (χ0) is 14.5. The van der Waals surface area contributed by atoms with Crippen molar-refractivity contribution in [1.82, 2.24) is 10.2 Å². The normalized spacial score (nSPS) is 17.4. The first-order chi connectivity index (χ1) is 8.81. The van der Waals surface area contributed by atoms with Gasteiger partial charge >= 0.3 is 0 Å². The Balaban J connectivity index is 2.30. The van der Waals surface area contributed by atoms with E-state index in [1.54, 1.807) is 0 Å². The molecular weight excluding hydrogens is 240 g/mol. The van der Waals surface area contributed by atoms with Crippen molar-refractivity contribution in [1.29, 1.82) is 0 Å². The highest BCUT2D eigenvalue weighted by molar-refractivity contribution is 5.77. The first kappa shape index (κ1) is 16.0. The van der Waals surface area contributed by atoms with E-state index in [1.165, 1.54) is 0 Å². The smallest absolute Gasteiger partial charge is 0.222 e. The fourth-order valence-corrected chi connectivity index (χ4v) is 2.41. The van der Waals surface area contributed by atoms with Gasteiger partial charge in [-0.1, -0.05) is 27.7 Å². The van der Waals surface area contributed by atoms with Crippen LogP contribution in [0.4, 0.5) is 0 Å². The van der Waals surface area contributed by atoms with Crippen molar-refractivity contribution in [2.75, 3.05) is 13.1 Å². The first-order valence-electron chi connectivity index (χ1n) is 7.39. The highest BCUT2D eigenvalue weighted by atomic mass is 16.2. The van der Waals surface area contributed by atoms with E-state index in [0.29, 0.717) is 12.8 Å². The standard InChI is InChI=1S/C15H28N2O2/c1-5-6-14(19)17-9-7-12(8-10-17)16-13(18)11-15(2,3)4/h12H,5-11H2,1-4H3,(H,16,18). The van der Waals surface area contributed by atoms with Gasteiger partial charge in [0.2, 0.25) is 11.8 Å². The summed E-state index contributed by atoms with van der Waals surface area (Å²) in [4.78, 5) is 25.5. The summed E-state index contributed by atoms with van der Waals surface area (Å²) in [6.45, 7) is 9.78. The van der Waals surface area contributed by atoms with Crippen molar-refractivity contribution in [2.45, 2.75) is 65.8 Å². The summed E-state index contributed by atoms with van der Waals surface area (Å²) >= 11 is 0. The summed E-state index contributed by atoms with van der Waals surface area (Å²) in [5.41, 5.74) is 0.0296. The van der Waals surface area contributed by atoms with Gasteiger partial charge in [0, 0.05) is 32.0 Å². The molecule has 1 N–H and O–H groups in total. The summed E-state index contributed by atoms with van der Waals surface area (Å²) in [5.74, 6) is 0.382. The third-order valence-electron chi connectivity index (χ3n) is 3.37. The van der Waals surface area contributed by atoms with E-state index in [2.05, 4.69) is 26.1 Å². The second kappa shape index (κ2) is 6.92. The molecule has 1 saturated heterocycles. The quantitative estimate of drug-likeness (QED) is 0.850. The molecule has 0 aromatic carbocycles. The second-order valence-corrected chi connectivity index (χ2v) is 6.71. The summed E-state index contributed by atoms with van der Waals surface area (Å²) in [7, 11) is 0. The SMILES string of the molecule is CCCC(=O)N1CCC(NC(=O)CC(C)(C)C)CC1. The summed E-state index contributed by atoms with van der Waals surface area (Å²) in [6.07, 6.45) is 3.86. The minimum Gasteiger partial charge on any atom is -0.353 e. The zero-order valence-corrected chi connectivity index (χ0v) is 12.8. The second-order valence-electron chi connectivity index (χ2n) is 6.71. The Bertz CT molecular complexity index is 313. The van der Waals surface area contributed by atoms with Crippen LogP contribution in [-0.2, 0) is 9.59 Å². The number of piperidine rings is 1. The monoisotopic (exact) mass is 268 g/mol. The van der Waals surface area contributed by atoms with Gasteiger partial charge in [-0.05, 0) is 24.7 Å². The molecule has 110 valence electrons. The van der Waals surface area contributed by atoms with E-state index in [-0.39, 0.29) is 23.3 Å². The number of hydrogen-bond acceptors (Lipinski definition) is 2. The summed E-state index contributed by atoms with van der Waals surface area (Å²) in [5, 5.41) is 3.09. The first-order valence-corrected chi connectivity index (χ1v) is 7.39. The van der Waals surface area contributed by atoms with Crippen molar-refractivity contribution in [3.05, 3.63) is 0 Å². The molecular formula is C15H28N2O2. The van der Waals surface area contributed by atoms with Crippen LogP contribution < -0.4 is 5.32 Å². The fourth-order valence-electron chi connectivity index (χ4n) is 2.41. The van der Waals surface area contributed by atoms with Crippen molar-refractivity contribution < 1.29 is 9.59 Å². The van der Waals surface area contributed by atoms with E-state index in [9.17, 15) is 9.59 Å². The molecule has 19 heavy (non-hydrogen) atoms. The van der Waals surface area contributed by atoms with Crippen LogP contribution in [-0.4, -0.2) is 35.8 Å². The number of carbonyl (C=O) groups excluding carboxylic acids is 2. The Hall–Kier alpha value is -1.06. The molecule has 1 aliphatic heterocycles. The lowest BCUT2D eigenvalue weighted by Crippen LogP contribution is -2.47. The molecule has 0 radical (unpaired) electrons. The number of nitrogens with zero attached hydrogens (tertiary/aromatic N) is 1. The molecule has 0 spiro atoms. The van der Waals surface area contributed by atoms with E-state index in [4.69, 9.17) is 0 Å². The van der Waals surface area contributed by atoms with Crippen molar-refractivity contribution in [3.63, 3.8) is 0 Å². The van der Waals surface area contributed by atoms with Gasteiger partial charge in [0.25, 0.3) is 0 Å². The lowest BCUT2D eigenvalue weighted by molar-refractivity contribution is -0.132. The van der Waals surface area contributed by atoms with E-state index >= 15 is 0 Å². The van der Waals surface area contributed by atoms with Gasteiger partial charge in [0.05, 0.1) is 0 Å². The third-order valence-corrected chi connectivity index (χ3v) is 3.37. The highest BCUT2D eigenvalue weighted by Crippen LogP contribution is 2.19. The van der Waals surface area contributed by atoms with Crippen LogP contribution in [0.15, 0.2) is 0 Å². The van der Waals surface area contributed by atoms with Crippen molar-refractivity contribution in [3.8, 4) is 0 Å². The minimum atomic E-state index is 0.0296. The van der Waals surface area contributed by atoms with Crippen LogP contribution in [0.1, 0.15) is 59.8 Å². The number of amides is 2. The van der Waals surface area contributed by atoms with E-state index < -0.39 is 0 Å². The Morgan fingerprint density at radius 2 is 1.79 bits per heavy atom. The number of likely N-dealkylation sites (tertiary alicyclic amines) is 1. The van der Waals surface area contributed by atoms with Crippen LogP contribution in [0.25, 0.3) is 0 Å². The molecule has 0 atom stereocenters. The number of nitrogens with one attached hydrogen (secondary N) is 1. The molecule has 0 bridgehead atoms. The molecule has 0 aromatic heterocycles. The third kappa shape index (κ3) is 6.08. The predicted molar refractivity (Wildman–Crippen MR) is 76.7 cm³/mol. The van der Waals surface area contributed by atoms with Gasteiger partial charge in [-0.3, -0.25) is 9.59 Å². The topological polar surface area (TPSA) is 49.4 Å². The van der Waals surface area contributed by atoms with Gasteiger partial charge in [-0.25, -0.2) is 0 Å². The minimum absolute atomic E-state index is 0.0296. The lowest BCUT2D eigenvalue weighted by Gasteiger charge is -2.33. The maximum absolute atomic E-state index is 11.9. The molecule has 0 unspecified atom stereocenters. The van der Waals surface area contributed by atoms with Crippen LogP contribution in [0.3, 0.4) is 0 Å². The Morgan fingerprint density at radius 1 is 1.21 bits per heavy atom. The summed E-state index contributed by atoms with van der Waals surface area (Å²) in [6, 6.07) is 0.237. The molecule has 1 fully saturated rings. The van der Waals surface area contributed by atoms with Crippen LogP contribution in [0, 0.1) is 5.41 Å². The largest absolute Gasteiger partial charge is 0.353 e. The van der Waals surface area contributed by atoms with Crippen LogP contribution in [0.2, 0.25) is 0 Å². The van der Waals surface area contributed by atoms with Crippen molar-refractivity contribution in [2.24, 2.45) is 5.41 Å². The number of rotatable bonds is 4. The van der Waals surface area contributed by atoms with Crippen molar-refractivity contribution >= 4 is 11.8 Å². The molecule has 0 saturated carbocycles. The fraction of sp³-hybridized carbons (Fsp3) is 0.867. The Kier molecular flexibility index (Phi) is 5.83. The predicted octanol–water partition coefficient (Wildman–Crippen LogP) is 2.33. The van der Waals surface area contributed by atoms with Gasteiger partial charge in [-0.2, -0.15) is 0 Å². The molecule has 1 rings (SSSR count). The maximum atomic E-state index is 11.9. The van der Waals surface area contributed by atoms with Crippen LogP contribution >= 0.6 is 0 Å². The molecule has 1 aliphatic rings. The van der Waals surface area contributed by atoms with E-state index in [1.807, 2.05) is 11.8 Å². The van der Waals surface area contributed by atoms with Gasteiger partial charge in [0.15, 0.2) is 0 Å².